The molecule has 1 aromatic carbocycles. The van der Waals surface area contributed by atoms with Crippen LogP contribution in [0.2, 0.25) is 0 Å². The third kappa shape index (κ3) is 5.82. The van der Waals surface area contributed by atoms with Gasteiger partial charge in [-0.2, -0.15) is 0 Å². The minimum absolute atomic E-state index is 0.151. The molecule has 0 heterocycles. The van der Waals surface area contributed by atoms with Crippen LogP contribution in [0.3, 0.4) is 0 Å². The van der Waals surface area contributed by atoms with Gasteiger partial charge in [-0.05, 0) is 18.2 Å². The zero-order chi connectivity index (χ0) is 14.5. The minimum Gasteiger partial charge on any atom is -0.404 e. The molecule has 19 heavy (non-hydrogen) atoms. The van der Waals surface area contributed by atoms with Gasteiger partial charge in [-0.15, -0.1) is 13.2 Å². The molecule has 1 aromatic rings. The van der Waals surface area contributed by atoms with Crippen molar-refractivity contribution in [3.63, 3.8) is 0 Å². The van der Waals surface area contributed by atoms with E-state index in [0.717, 1.165) is 0 Å². The lowest BCUT2D eigenvalue weighted by molar-refractivity contribution is -0.274. The number of hydrogen-bond donors (Lipinski definition) is 2. The van der Waals surface area contributed by atoms with Crippen molar-refractivity contribution in [1.29, 1.82) is 0 Å². The van der Waals surface area contributed by atoms with Crippen molar-refractivity contribution in [2.75, 3.05) is 18.9 Å². The van der Waals surface area contributed by atoms with E-state index < -0.39 is 6.36 Å². The van der Waals surface area contributed by atoms with Gasteiger partial charge in [0.15, 0.2) is 5.75 Å². The molecule has 0 radical (unpaired) electrons. The van der Waals surface area contributed by atoms with Crippen molar-refractivity contribution < 1.29 is 22.7 Å². The first-order valence-corrected chi connectivity index (χ1v) is 6.11. The van der Waals surface area contributed by atoms with Crippen molar-refractivity contribution >= 4 is 27.5 Å². The van der Waals surface area contributed by atoms with E-state index in [0.29, 0.717) is 4.47 Å². The quantitative estimate of drug-likeness (QED) is 0.866. The molecular weight excluding hydrogens is 329 g/mol. The van der Waals surface area contributed by atoms with Crippen LogP contribution in [0.4, 0.5) is 18.9 Å². The average molecular weight is 341 g/mol. The van der Waals surface area contributed by atoms with Gasteiger partial charge < -0.3 is 15.4 Å². The van der Waals surface area contributed by atoms with Crippen LogP contribution < -0.4 is 15.4 Å². The molecule has 0 spiro atoms. The van der Waals surface area contributed by atoms with Gasteiger partial charge in [-0.1, -0.05) is 15.9 Å². The molecule has 4 nitrogen and oxygen atoms in total. The summed E-state index contributed by atoms with van der Waals surface area (Å²) in [6.07, 6.45) is -4.62. The number of rotatable bonds is 5. The van der Waals surface area contributed by atoms with Crippen molar-refractivity contribution in [1.82, 2.24) is 5.32 Å². The molecule has 0 fully saturated rings. The Labute approximate surface area is 116 Å². The van der Waals surface area contributed by atoms with Crippen LogP contribution in [-0.2, 0) is 4.79 Å². The molecule has 0 bridgehead atoms. The summed E-state index contributed by atoms with van der Waals surface area (Å²) in [7, 11) is 1.49. The number of carbonyl (C=O) groups excluding carboxylic acids is 1. The molecule has 106 valence electrons. The number of nitrogens with one attached hydrogen (secondary N) is 2. The van der Waals surface area contributed by atoms with E-state index in [1.807, 2.05) is 0 Å². The summed E-state index contributed by atoms with van der Waals surface area (Å²) in [5.41, 5.74) is 0.171. The lowest BCUT2D eigenvalue weighted by Crippen LogP contribution is -2.21. The van der Waals surface area contributed by atoms with E-state index in [9.17, 15) is 18.0 Å². The molecule has 0 aliphatic rings. The van der Waals surface area contributed by atoms with Gasteiger partial charge in [0.05, 0.1) is 5.69 Å². The molecule has 0 atom stereocenters. The fourth-order valence-electron chi connectivity index (χ4n) is 1.29. The SMILES string of the molecule is CNC(=O)CCNc1ccc(Br)cc1OC(F)(F)F. The molecule has 1 rings (SSSR count). The van der Waals surface area contributed by atoms with E-state index in [1.165, 1.54) is 19.2 Å². The largest absolute Gasteiger partial charge is 0.573 e. The number of halogens is 4. The van der Waals surface area contributed by atoms with Crippen molar-refractivity contribution in [3.05, 3.63) is 22.7 Å². The smallest absolute Gasteiger partial charge is 0.404 e. The Morgan fingerprint density at radius 3 is 2.68 bits per heavy atom. The number of carbonyl (C=O) groups is 1. The summed E-state index contributed by atoms with van der Waals surface area (Å²) in [5, 5.41) is 5.14. The van der Waals surface area contributed by atoms with E-state index in [4.69, 9.17) is 0 Å². The summed E-state index contributed by atoms with van der Waals surface area (Å²) in [5.74, 6) is -0.554. The second-order valence-corrected chi connectivity index (χ2v) is 4.45. The van der Waals surface area contributed by atoms with E-state index in [-0.39, 0.29) is 30.3 Å². The predicted molar refractivity (Wildman–Crippen MR) is 68.0 cm³/mol. The second-order valence-electron chi connectivity index (χ2n) is 3.54. The second kappa shape index (κ2) is 6.65. The van der Waals surface area contributed by atoms with Crippen molar-refractivity contribution in [2.45, 2.75) is 12.8 Å². The highest BCUT2D eigenvalue weighted by Crippen LogP contribution is 2.32. The molecule has 0 aliphatic carbocycles. The van der Waals surface area contributed by atoms with Crippen LogP contribution >= 0.6 is 15.9 Å². The lowest BCUT2D eigenvalue weighted by atomic mass is 10.3. The fourth-order valence-corrected chi connectivity index (χ4v) is 1.63. The van der Waals surface area contributed by atoms with Crippen molar-refractivity contribution in [2.24, 2.45) is 0 Å². The van der Waals surface area contributed by atoms with Gasteiger partial charge in [0.2, 0.25) is 5.91 Å². The first-order chi connectivity index (χ1) is 8.81. The van der Waals surface area contributed by atoms with Crippen LogP contribution in [0.5, 0.6) is 5.75 Å². The number of anilines is 1. The standard InChI is InChI=1S/C11H12BrF3N2O2/c1-16-10(18)4-5-17-8-3-2-7(12)6-9(8)19-11(13,14)15/h2-3,6,17H,4-5H2,1H3,(H,16,18). The van der Waals surface area contributed by atoms with Gasteiger partial charge in [0, 0.05) is 24.5 Å². The number of ether oxygens (including phenoxy) is 1. The van der Waals surface area contributed by atoms with Gasteiger partial charge >= 0.3 is 6.36 Å². The molecule has 2 N–H and O–H groups in total. The van der Waals surface area contributed by atoms with Crippen LogP contribution in [-0.4, -0.2) is 25.9 Å². The predicted octanol–water partition coefficient (Wildman–Crippen LogP) is 2.90. The lowest BCUT2D eigenvalue weighted by Gasteiger charge is -2.14. The molecule has 0 unspecified atom stereocenters. The highest BCUT2D eigenvalue weighted by atomic mass is 79.9. The summed E-state index contributed by atoms with van der Waals surface area (Å²) in [4.78, 5) is 11.0. The van der Waals surface area contributed by atoms with Crippen LogP contribution in [0.15, 0.2) is 22.7 Å². The summed E-state index contributed by atoms with van der Waals surface area (Å²) >= 11 is 3.07. The fraction of sp³-hybridized carbons (Fsp3) is 0.364. The molecule has 0 aromatic heterocycles. The Morgan fingerprint density at radius 1 is 1.42 bits per heavy atom. The summed E-state index contributed by atoms with van der Waals surface area (Å²) in [6, 6.07) is 4.22. The number of hydrogen-bond acceptors (Lipinski definition) is 3. The highest BCUT2D eigenvalue weighted by molar-refractivity contribution is 9.10. The maximum atomic E-state index is 12.2. The monoisotopic (exact) mass is 340 g/mol. The number of alkyl halides is 3. The van der Waals surface area contributed by atoms with E-state index in [1.54, 1.807) is 6.07 Å². The van der Waals surface area contributed by atoms with Crippen LogP contribution in [0.1, 0.15) is 6.42 Å². The zero-order valence-corrected chi connectivity index (χ0v) is 11.6. The van der Waals surface area contributed by atoms with E-state index in [2.05, 4.69) is 31.3 Å². The zero-order valence-electron chi connectivity index (χ0n) is 9.97. The maximum Gasteiger partial charge on any atom is 0.573 e. The maximum absolute atomic E-state index is 12.2. The first kappa shape index (κ1) is 15.6. The molecule has 0 saturated carbocycles. The summed E-state index contributed by atoms with van der Waals surface area (Å²) < 4.78 is 41.1. The van der Waals surface area contributed by atoms with Crippen LogP contribution in [0, 0.1) is 0 Å². The highest BCUT2D eigenvalue weighted by Gasteiger charge is 2.32. The Kier molecular flexibility index (Phi) is 5.46. The van der Waals surface area contributed by atoms with Gasteiger partial charge in [0.25, 0.3) is 0 Å². The minimum atomic E-state index is -4.77. The number of amides is 1. The molecule has 1 amide bonds. The molecule has 0 saturated heterocycles. The first-order valence-electron chi connectivity index (χ1n) is 5.31. The van der Waals surface area contributed by atoms with Crippen molar-refractivity contribution in [3.8, 4) is 5.75 Å². The Morgan fingerprint density at radius 2 is 2.11 bits per heavy atom. The Hall–Kier alpha value is -1.44. The van der Waals surface area contributed by atoms with E-state index >= 15 is 0 Å². The molecular formula is C11H12BrF3N2O2. The Bertz CT molecular complexity index is 452. The van der Waals surface area contributed by atoms with Gasteiger partial charge in [-0.25, -0.2) is 0 Å². The third-order valence-electron chi connectivity index (χ3n) is 2.12. The Balaban J connectivity index is 2.73. The molecule has 0 aliphatic heterocycles. The normalized spacial score (nSPS) is 11.0. The number of benzene rings is 1. The van der Waals surface area contributed by atoms with Gasteiger partial charge in [0.1, 0.15) is 0 Å². The average Bonchev–Trinajstić information content (AvgIpc) is 2.29. The van der Waals surface area contributed by atoms with Gasteiger partial charge in [-0.3, -0.25) is 4.79 Å². The van der Waals surface area contributed by atoms with Crippen LogP contribution in [0.25, 0.3) is 0 Å². The molecule has 8 heteroatoms. The topological polar surface area (TPSA) is 50.4 Å². The summed E-state index contributed by atoms with van der Waals surface area (Å²) in [6.45, 7) is 0.204. The third-order valence-corrected chi connectivity index (χ3v) is 2.61.